The summed E-state index contributed by atoms with van der Waals surface area (Å²) in [5.41, 5.74) is 0. The van der Waals surface area contributed by atoms with E-state index in [0.29, 0.717) is 19.8 Å². The molecule has 5 nitrogen and oxygen atoms in total. The highest BCUT2D eigenvalue weighted by Crippen LogP contribution is 2.06. The average molecular weight is 251 g/mol. The number of carbonyl (C=O) groups is 1. The monoisotopic (exact) mass is 250 g/mol. The molecule has 2 rings (SSSR count). The summed E-state index contributed by atoms with van der Waals surface area (Å²) in [7, 11) is 0. The van der Waals surface area contributed by atoms with Crippen molar-refractivity contribution in [3.8, 4) is 0 Å². The number of ether oxygens (including phenoxy) is 2. The van der Waals surface area contributed by atoms with E-state index in [1.165, 1.54) is 0 Å². The van der Waals surface area contributed by atoms with Crippen molar-refractivity contribution in [1.29, 1.82) is 0 Å². The lowest BCUT2D eigenvalue weighted by atomic mass is 10.1. The Balaban J connectivity index is 0.00000128. The lowest BCUT2D eigenvalue weighted by Crippen LogP contribution is -2.51. The normalized spacial score (nSPS) is 30.2. The van der Waals surface area contributed by atoms with Crippen LogP contribution < -0.4 is 10.6 Å². The van der Waals surface area contributed by atoms with Crippen LogP contribution in [0.25, 0.3) is 0 Å². The van der Waals surface area contributed by atoms with Gasteiger partial charge in [0.1, 0.15) is 6.10 Å². The molecule has 0 aromatic carbocycles. The highest BCUT2D eigenvalue weighted by atomic mass is 35.5. The fourth-order valence-electron chi connectivity index (χ4n) is 1.88. The van der Waals surface area contributed by atoms with Crippen LogP contribution in [0.2, 0.25) is 0 Å². The number of morpholine rings is 1. The summed E-state index contributed by atoms with van der Waals surface area (Å²) < 4.78 is 10.7. The zero-order valence-corrected chi connectivity index (χ0v) is 10.1. The molecule has 0 bridgehead atoms. The van der Waals surface area contributed by atoms with Gasteiger partial charge in [0, 0.05) is 19.7 Å². The van der Waals surface area contributed by atoms with E-state index in [1.54, 1.807) is 0 Å². The third-order valence-electron chi connectivity index (χ3n) is 2.73. The number of halogens is 1. The minimum atomic E-state index is -0.333. The van der Waals surface area contributed by atoms with Crippen molar-refractivity contribution in [2.24, 2.45) is 0 Å². The molecule has 2 atom stereocenters. The molecule has 94 valence electrons. The van der Waals surface area contributed by atoms with Crippen LogP contribution in [-0.4, -0.2) is 51.0 Å². The van der Waals surface area contributed by atoms with Gasteiger partial charge in [-0.15, -0.1) is 12.4 Å². The first-order valence-electron chi connectivity index (χ1n) is 5.57. The minimum absolute atomic E-state index is 0. The third kappa shape index (κ3) is 3.90. The van der Waals surface area contributed by atoms with E-state index in [4.69, 9.17) is 9.47 Å². The van der Waals surface area contributed by atoms with Crippen LogP contribution in [0.1, 0.15) is 12.8 Å². The highest BCUT2D eigenvalue weighted by molar-refractivity contribution is 5.85. The maximum Gasteiger partial charge on any atom is 0.250 e. The van der Waals surface area contributed by atoms with Gasteiger partial charge in [-0.1, -0.05) is 0 Å². The van der Waals surface area contributed by atoms with E-state index < -0.39 is 0 Å². The Labute approximate surface area is 102 Å². The van der Waals surface area contributed by atoms with Gasteiger partial charge in [0.25, 0.3) is 5.91 Å². The molecule has 1 amide bonds. The van der Waals surface area contributed by atoms with Crippen LogP contribution in [-0.2, 0) is 14.3 Å². The second kappa shape index (κ2) is 7.06. The van der Waals surface area contributed by atoms with E-state index in [0.717, 1.165) is 26.0 Å². The fourth-order valence-corrected chi connectivity index (χ4v) is 1.88. The zero-order valence-electron chi connectivity index (χ0n) is 9.24. The molecular formula is C10H19ClN2O3. The predicted octanol–water partition coefficient (Wildman–Crippen LogP) is -0.308. The standard InChI is InChI=1S/C10H18N2O3.ClH/c13-10(9-6-11-3-5-15-9)12-8-2-1-4-14-7-8;/h8-9,11H,1-7H2,(H,12,13);1H/t8?,9-;/m0./s1. The molecule has 2 N–H and O–H groups in total. The van der Waals surface area contributed by atoms with E-state index in [9.17, 15) is 4.79 Å². The van der Waals surface area contributed by atoms with Crippen molar-refractivity contribution < 1.29 is 14.3 Å². The Hall–Kier alpha value is -0.360. The fraction of sp³-hybridized carbons (Fsp3) is 0.900. The van der Waals surface area contributed by atoms with Gasteiger partial charge in [0.05, 0.1) is 19.3 Å². The SMILES string of the molecule is Cl.O=C(NC1CCCOC1)[C@@H]1CNCCO1. The summed E-state index contributed by atoms with van der Waals surface area (Å²) in [5, 5.41) is 6.10. The Morgan fingerprint density at radius 2 is 2.25 bits per heavy atom. The molecule has 2 saturated heterocycles. The lowest BCUT2D eigenvalue weighted by molar-refractivity contribution is -0.135. The highest BCUT2D eigenvalue weighted by Gasteiger charge is 2.24. The van der Waals surface area contributed by atoms with Crippen LogP contribution in [0, 0.1) is 0 Å². The molecular weight excluding hydrogens is 232 g/mol. The smallest absolute Gasteiger partial charge is 0.250 e. The number of hydrogen-bond donors (Lipinski definition) is 2. The first-order chi connectivity index (χ1) is 7.36. The molecule has 0 aromatic rings. The number of carbonyl (C=O) groups excluding carboxylic acids is 1. The predicted molar refractivity (Wildman–Crippen MR) is 61.8 cm³/mol. The minimum Gasteiger partial charge on any atom is -0.379 e. The first kappa shape index (κ1) is 13.7. The largest absolute Gasteiger partial charge is 0.379 e. The van der Waals surface area contributed by atoms with Gasteiger partial charge >= 0.3 is 0 Å². The third-order valence-corrected chi connectivity index (χ3v) is 2.73. The van der Waals surface area contributed by atoms with Crippen LogP contribution in [0.15, 0.2) is 0 Å². The van der Waals surface area contributed by atoms with Gasteiger partial charge < -0.3 is 20.1 Å². The topological polar surface area (TPSA) is 59.6 Å². The molecule has 0 saturated carbocycles. The van der Waals surface area contributed by atoms with E-state index in [1.807, 2.05) is 0 Å². The average Bonchev–Trinajstić information content (AvgIpc) is 2.31. The first-order valence-corrected chi connectivity index (χ1v) is 5.57. The van der Waals surface area contributed by atoms with E-state index in [-0.39, 0.29) is 30.5 Å². The molecule has 6 heteroatoms. The van der Waals surface area contributed by atoms with Crippen molar-refractivity contribution >= 4 is 18.3 Å². The maximum absolute atomic E-state index is 11.7. The number of nitrogens with one attached hydrogen (secondary N) is 2. The van der Waals surface area contributed by atoms with Crippen molar-refractivity contribution in [1.82, 2.24) is 10.6 Å². The number of hydrogen-bond acceptors (Lipinski definition) is 4. The van der Waals surface area contributed by atoms with E-state index >= 15 is 0 Å². The van der Waals surface area contributed by atoms with Crippen molar-refractivity contribution in [3.05, 3.63) is 0 Å². The number of amides is 1. The molecule has 2 heterocycles. The number of rotatable bonds is 2. The molecule has 1 unspecified atom stereocenters. The lowest BCUT2D eigenvalue weighted by Gasteiger charge is -2.27. The molecule has 2 aliphatic heterocycles. The van der Waals surface area contributed by atoms with Gasteiger partial charge in [-0.25, -0.2) is 0 Å². The summed E-state index contributed by atoms with van der Waals surface area (Å²) in [6, 6.07) is 0.164. The van der Waals surface area contributed by atoms with Crippen LogP contribution >= 0.6 is 12.4 Å². The Morgan fingerprint density at radius 3 is 2.88 bits per heavy atom. The van der Waals surface area contributed by atoms with Crippen molar-refractivity contribution in [2.75, 3.05) is 32.9 Å². The van der Waals surface area contributed by atoms with Gasteiger partial charge in [-0.05, 0) is 12.8 Å². The Morgan fingerprint density at radius 1 is 1.38 bits per heavy atom. The van der Waals surface area contributed by atoms with Crippen LogP contribution in [0.4, 0.5) is 0 Å². The van der Waals surface area contributed by atoms with Crippen LogP contribution in [0.5, 0.6) is 0 Å². The van der Waals surface area contributed by atoms with Gasteiger partial charge in [-0.3, -0.25) is 4.79 Å². The summed E-state index contributed by atoms with van der Waals surface area (Å²) in [6.45, 7) is 3.49. The molecule has 16 heavy (non-hydrogen) atoms. The zero-order chi connectivity index (χ0) is 10.5. The summed E-state index contributed by atoms with van der Waals surface area (Å²) in [6.07, 6.45) is 1.70. The quantitative estimate of drug-likeness (QED) is 0.706. The molecule has 0 aromatic heterocycles. The second-order valence-electron chi connectivity index (χ2n) is 3.99. The Bertz CT molecular complexity index is 216. The Kier molecular flexibility index (Phi) is 6.05. The van der Waals surface area contributed by atoms with Crippen molar-refractivity contribution in [2.45, 2.75) is 25.0 Å². The molecule has 0 spiro atoms. The molecule has 2 aliphatic rings. The second-order valence-corrected chi connectivity index (χ2v) is 3.99. The molecule has 0 aliphatic carbocycles. The summed E-state index contributed by atoms with van der Waals surface area (Å²) in [4.78, 5) is 11.7. The maximum atomic E-state index is 11.7. The summed E-state index contributed by atoms with van der Waals surface area (Å²) in [5.74, 6) is -0.0160. The molecule has 2 fully saturated rings. The van der Waals surface area contributed by atoms with Crippen molar-refractivity contribution in [3.63, 3.8) is 0 Å². The van der Waals surface area contributed by atoms with Gasteiger partial charge in [0.2, 0.25) is 0 Å². The van der Waals surface area contributed by atoms with Gasteiger partial charge in [-0.2, -0.15) is 0 Å². The van der Waals surface area contributed by atoms with E-state index in [2.05, 4.69) is 10.6 Å². The molecule has 0 radical (unpaired) electrons. The van der Waals surface area contributed by atoms with Gasteiger partial charge in [0.15, 0.2) is 0 Å². The summed E-state index contributed by atoms with van der Waals surface area (Å²) >= 11 is 0. The van der Waals surface area contributed by atoms with Crippen LogP contribution in [0.3, 0.4) is 0 Å².